The smallest absolute Gasteiger partial charge is 0.244 e. The summed E-state index contributed by atoms with van der Waals surface area (Å²) in [7, 11) is 4.04. The van der Waals surface area contributed by atoms with E-state index in [4.69, 9.17) is 4.98 Å². The van der Waals surface area contributed by atoms with Crippen LogP contribution in [0.15, 0.2) is 77.9 Å². The molecule has 0 fully saturated rings. The van der Waals surface area contributed by atoms with E-state index < -0.39 is 0 Å². The van der Waals surface area contributed by atoms with Crippen LogP contribution in [0.3, 0.4) is 0 Å². The fourth-order valence-corrected chi connectivity index (χ4v) is 3.13. The molecule has 0 atom stereocenters. The summed E-state index contributed by atoms with van der Waals surface area (Å²) in [6, 6.07) is 24.5. The van der Waals surface area contributed by atoms with Gasteiger partial charge in [-0.25, -0.2) is 15.4 Å². The van der Waals surface area contributed by atoms with E-state index in [1.54, 1.807) is 6.21 Å². The third-order valence-electron chi connectivity index (χ3n) is 4.69. The molecule has 1 heterocycles. The van der Waals surface area contributed by atoms with Gasteiger partial charge in [0.05, 0.1) is 17.4 Å². The van der Waals surface area contributed by atoms with E-state index in [2.05, 4.69) is 63.7 Å². The second-order valence-electron chi connectivity index (χ2n) is 7.14. The van der Waals surface area contributed by atoms with E-state index in [-0.39, 0.29) is 0 Å². The van der Waals surface area contributed by atoms with Crippen LogP contribution in [0.2, 0.25) is 0 Å². The monoisotopic (exact) mass is 381 g/mol. The molecule has 0 aliphatic heterocycles. The first-order valence-electron chi connectivity index (χ1n) is 9.50. The fourth-order valence-electron chi connectivity index (χ4n) is 3.13. The molecule has 5 heteroatoms. The summed E-state index contributed by atoms with van der Waals surface area (Å²) >= 11 is 0. The second-order valence-corrected chi connectivity index (χ2v) is 7.14. The van der Waals surface area contributed by atoms with Crippen molar-refractivity contribution in [3.8, 4) is 11.3 Å². The lowest BCUT2D eigenvalue weighted by Gasteiger charge is -2.11. The predicted molar refractivity (Wildman–Crippen MR) is 122 cm³/mol. The molecule has 4 aromatic rings. The van der Waals surface area contributed by atoms with Crippen LogP contribution in [0, 0.1) is 6.92 Å². The first-order valence-corrected chi connectivity index (χ1v) is 9.50. The molecule has 0 saturated heterocycles. The van der Waals surface area contributed by atoms with E-state index in [0.29, 0.717) is 5.95 Å². The molecule has 0 bridgehead atoms. The predicted octanol–water partition coefficient (Wildman–Crippen LogP) is 5.12. The van der Waals surface area contributed by atoms with Crippen LogP contribution >= 0.6 is 0 Å². The number of nitrogens with zero attached hydrogens (tertiary/aromatic N) is 4. The molecule has 0 amide bonds. The normalized spacial score (nSPS) is 11.1. The lowest BCUT2D eigenvalue weighted by atomic mass is 10.0. The number of fused-ring (bicyclic) bond motifs is 1. The summed E-state index contributed by atoms with van der Waals surface area (Å²) < 4.78 is 0. The molecule has 29 heavy (non-hydrogen) atoms. The molecule has 4 rings (SSSR count). The number of rotatable bonds is 5. The van der Waals surface area contributed by atoms with E-state index in [0.717, 1.165) is 33.4 Å². The van der Waals surface area contributed by atoms with Crippen molar-refractivity contribution in [1.82, 2.24) is 9.97 Å². The second kappa shape index (κ2) is 8.10. The Morgan fingerprint density at radius 3 is 2.38 bits per heavy atom. The minimum Gasteiger partial charge on any atom is -0.378 e. The van der Waals surface area contributed by atoms with Crippen LogP contribution in [0.25, 0.3) is 22.2 Å². The van der Waals surface area contributed by atoms with Crippen molar-refractivity contribution in [2.75, 3.05) is 24.4 Å². The number of aromatic nitrogens is 2. The Balaban J connectivity index is 1.65. The minimum absolute atomic E-state index is 0.473. The SMILES string of the molecule is Cc1ccc2nc(NN=Cc3ccc(N(C)C)cc3)nc(-c3ccccc3)c2c1. The summed E-state index contributed by atoms with van der Waals surface area (Å²) in [5.41, 5.74) is 9.15. The number of benzene rings is 3. The van der Waals surface area contributed by atoms with Crippen LogP contribution in [0.4, 0.5) is 11.6 Å². The number of hydrogen-bond acceptors (Lipinski definition) is 5. The maximum atomic E-state index is 4.74. The molecule has 3 aromatic carbocycles. The van der Waals surface area contributed by atoms with Gasteiger partial charge in [-0.15, -0.1) is 0 Å². The van der Waals surface area contributed by atoms with Crippen LogP contribution < -0.4 is 10.3 Å². The highest BCUT2D eigenvalue weighted by molar-refractivity contribution is 5.93. The van der Waals surface area contributed by atoms with Gasteiger partial charge in [0.15, 0.2) is 0 Å². The number of aryl methyl sites for hydroxylation is 1. The Bertz CT molecular complexity index is 1150. The number of nitrogens with one attached hydrogen (secondary N) is 1. The van der Waals surface area contributed by atoms with Gasteiger partial charge in [-0.1, -0.05) is 54.1 Å². The van der Waals surface area contributed by atoms with Crippen LogP contribution in [0.1, 0.15) is 11.1 Å². The highest BCUT2D eigenvalue weighted by atomic mass is 15.3. The molecule has 0 unspecified atom stereocenters. The van der Waals surface area contributed by atoms with Gasteiger partial charge in [-0.2, -0.15) is 5.10 Å². The first kappa shape index (κ1) is 18.6. The largest absolute Gasteiger partial charge is 0.378 e. The van der Waals surface area contributed by atoms with Crippen molar-refractivity contribution < 1.29 is 0 Å². The van der Waals surface area contributed by atoms with Crippen molar-refractivity contribution in [3.63, 3.8) is 0 Å². The topological polar surface area (TPSA) is 53.4 Å². The number of anilines is 2. The molecule has 1 N–H and O–H groups in total. The van der Waals surface area contributed by atoms with Gasteiger partial charge in [0.2, 0.25) is 5.95 Å². The highest BCUT2D eigenvalue weighted by Gasteiger charge is 2.09. The zero-order valence-electron chi connectivity index (χ0n) is 16.8. The maximum absolute atomic E-state index is 4.74. The number of hydrazone groups is 1. The first-order chi connectivity index (χ1) is 14.1. The molecule has 0 aliphatic rings. The van der Waals surface area contributed by atoms with Crippen LogP contribution in [-0.4, -0.2) is 30.3 Å². The zero-order chi connectivity index (χ0) is 20.2. The summed E-state index contributed by atoms with van der Waals surface area (Å²) in [4.78, 5) is 11.4. The third-order valence-corrected chi connectivity index (χ3v) is 4.69. The molecule has 5 nitrogen and oxygen atoms in total. The Morgan fingerprint density at radius 2 is 1.66 bits per heavy atom. The van der Waals surface area contributed by atoms with Crippen molar-refractivity contribution in [2.24, 2.45) is 5.10 Å². The lowest BCUT2D eigenvalue weighted by Crippen LogP contribution is -2.08. The molecule has 0 spiro atoms. The van der Waals surface area contributed by atoms with Crippen molar-refractivity contribution in [2.45, 2.75) is 6.92 Å². The highest BCUT2D eigenvalue weighted by Crippen LogP contribution is 2.28. The van der Waals surface area contributed by atoms with E-state index in [9.17, 15) is 0 Å². The van der Waals surface area contributed by atoms with E-state index >= 15 is 0 Å². The third kappa shape index (κ3) is 4.24. The van der Waals surface area contributed by atoms with E-state index in [1.807, 2.05) is 50.5 Å². The minimum atomic E-state index is 0.473. The Kier molecular flexibility index (Phi) is 5.20. The average molecular weight is 381 g/mol. The molecule has 0 saturated carbocycles. The summed E-state index contributed by atoms with van der Waals surface area (Å²) in [6.45, 7) is 2.08. The summed E-state index contributed by atoms with van der Waals surface area (Å²) in [5.74, 6) is 0.473. The van der Waals surface area contributed by atoms with Gasteiger partial charge < -0.3 is 4.90 Å². The molecular formula is C24H23N5. The molecule has 0 aliphatic carbocycles. The van der Waals surface area contributed by atoms with Gasteiger partial charge in [-0.3, -0.25) is 0 Å². The molecule has 1 aromatic heterocycles. The van der Waals surface area contributed by atoms with E-state index in [1.165, 1.54) is 5.56 Å². The zero-order valence-corrected chi connectivity index (χ0v) is 16.8. The molecule has 0 radical (unpaired) electrons. The summed E-state index contributed by atoms with van der Waals surface area (Å²) in [5, 5.41) is 5.36. The van der Waals surface area contributed by atoms with Crippen LogP contribution in [0.5, 0.6) is 0 Å². The van der Waals surface area contributed by atoms with Gasteiger partial charge >= 0.3 is 0 Å². The van der Waals surface area contributed by atoms with Crippen molar-refractivity contribution in [3.05, 3.63) is 83.9 Å². The van der Waals surface area contributed by atoms with Gasteiger partial charge in [0, 0.05) is 30.7 Å². The van der Waals surface area contributed by atoms with Crippen LogP contribution in [-0.2, 0) is 0 Å². The standard InChI is InChI=1S/C24H23N5/c1-17-9-14-22-21(15-17)23(19-7-5-4-6-8-19)27-24(26-22)28-25-16-18-10-12-20(13-11-18)29(2)3/h4-16H,1-3H3,(H,26,27,28). The average Bonchev–Trinajstić information content (AvgIpc) is 2.74. The lowest BCUT2D eigenvalue weighted by molar-refractivity contribution is 1.13. The van der Waals surface area contributed by atoms with Crippen molar-refractivity contribution in [1.29, 1.82) is 0 Å². The van der Waals surface area contributed by atoms with Crippen molar-refractivity contribution >= 4 is 28.8 Å². The Morgan fingerprint density at radius 1 is 0.897 bits per heavy atom. The van der Waals surface area contributed by atoms with Gasteiger partial charge in [-0.05, 0) is 36.8 Å². The fraction of sp³-hybridized carbons (Fsp3) is 0.125. The van der Waals surface area contributed by atoms with Gasteiger partial charge in [0.1, 0.15) is 0 Å². The number of hydrogen-bond donors (Lipinski definition) is 1. The molecular weight excluding hydrogens is 358 g/mol. The summed E-state index contributed by atoms with van der Waals surface area (Å²) in [6.07, 6.45) is 1.77. The maximum Gasteiger partial charge on any atom is 0.244 e. The Labute approximate surface area is 170 Å². The molecule has 144 valence electrons. The van der Waals surface area contributed by atoms with Gasteiger partial charge in [0.25, 0.3) is 0 Å². The Hall–Kier alpha value is -3.73. The quantitative estimate of drug-likeness (QED) is 0.385.